The zero-order chi connectivity index (χ0) is 15.9. The van der Waals surface area contributed by atoms with Gasteiger partial charge < -0.3 is 4.74 Å². The van der Waals surface area contributed by atoms with Gasteiger partial charge in [-0.05, 0) is 75.5 Å². The molecule has 4 nitrogen and oxygen atoms in total. The molecule has 0 aliphatic heterocycles. The Morgan fingerprint density at radius 1 is 1.05 bits per heavy atom. The van der Waals surface area contributed by atoms with Crippen LogP contribution in [-0.4, -0.2) is 24.1 Å². The second-order valence-corrected chi connectivity index (χ2v) is 7.86. The maximum Gasteiger partial charge on any atom is 0.324 e. The van der Waals surface area contributed by atoms with Crippen molar-refractivity contribution in [3.63, 3.8) is 0 Å². The Balaban J connectivity index is 1.72. The lowest BCUT2D eigenvalue weighted by Crippen LogP contribution is -2.48. The minimum Gasteiger partial charge on any atom is -0.465 e. The van der Waals surface area contributed by atoms with Crippen molar-refractivity contribution in [3.8, 4) is 0 Å². The number of hydrogen-bond donors (Lipinski definition) is 0. The fourth-order valence-electron chi connectivity index (χ4n) is 5.73. The number of esters is 1. The van der Waals surface area contributed by atoms with Gasteiger partial charge in [0.25, 0.3) is 0 Å². The van der Waals surface area contributed by atoms with Crippen molar-refractivity contribution in [1.82, 2.24) is 0 Å². The molecule has 0 N–H and O–H groups in total. The van der Waals surface area contributed by atoms with Crippen LogP contribution in [0.1, 0.15) is 58.8 Å². The molecule has 4 bridgehead atoms. The predicted molar refractivity (Wildman–Crippen MR) is 81.0 cm³/mol. The molecule has 1 atom stereocenters. The molecule has 4 saturated carbocycles. The van der Waals surface area contributed by atoms with Crippen LogP contribution in [0.15, 0.2) is 0 Å². The second kappa shape index (κ2) is 5.78. The monoisotopic (exact) mass is 306 g/mol. The number of ether oxygens (including phenoxy) is 1. The number of Topliss-reactive ketones (excluding diaryl/α,β-unsaturated/α-hetero) is 2. The number of rotatable bonds is 6. The summed E-state index contributed by atoms with van der Waals surface area (Å²) in [5.74, 6) is -0.175. The maximum atomic E-state index is 12.7. The van der Waals surface area contributed by atoms with Gasteiger partial charge in [0, 0.05) is 6.42 Å². The molecule has 22 heavy (non-hydrogen) atoms. The molecule has 4 fully saturated rings. The first kappa shape index (κ1) is 15.7. The second-order valence-electron chi connectivity index (χ2n) is 7.86. The lowest BCUT2D eigenvalue weighted by atomic mass is 9.48. The van der Waals surface area contributed by atoms with E-state index in [0.29, 0.717) is 6.42 Å². The molecule has 0 saturated heterocycles. The molecule has 0 aromatic heterocycles. The van der Waals surface area contributed by atoms with Gasteiger partial charge in [-0.2, -0.15) is 0 Å². The average molecular weight is 306 g/mol. The van der Waals surface area contributed by atoms with Crippen molar-refractivity contribution in [1.29, 1.82) is 0 Å². The number of carbonyl (C=O) groups excluding carboxylic acids is 3. The van der Waals surface area contributed by atoms with Crippen molar-refractivity contribution in [2.24, 2.45) is 29.1 Å². The lowest BCUT2D eigenvalue weighted by molar-refractivity contribution is -0.156. The highest BCUT2D eigenvalue weighted by atomic mass is 16.5. The summed E-state index contributed by atoms with van der Waals surface area (Å²) < 4.78 is 4.93. The topological polar surface area (TPSA) is 60.4 Å². The van der Waals surface area contributed by atoms with Gasteiger partial charge in [-0.3, -0.25) is 14.4 Å². The average Bonchev–Trinajstić information content (AvgIpc) is 2.35. The van der Waals surface area contributed by atoms with E-state index in [9.17, 15) is 14.4 Å². The molecule has 4 aliphatic carbocycles. The van der Waals surface area contributed by atoms with E-state index in [-0.39, 0.29) is 23.6 Å². The van der Waals surface area contributed by atoms with Gasteiger partial charge in [-0.1, -0.05) is 0 Å². The SMILES string of the molecule is CCOC(=O)C(C(C)=O)C(=O)CC12CC3CC(CC(C3)C1)C2. The van der Waals surface area contributed by atoms with Crippen molar-refractivity contribution in [2.45, 2.75) is 58.8 Å². The van der Waals surface area contributed by atoms with Crippen LogP contribution < -0.4 is 0 Å². The number of hydrogen-bond acceptors (Lipinski definition) is 4. The molecule has 0 aromatic carbocycles. The Bertz CT molecular complexity index is 458. The molecule has 4 heteroatoms. The third-order valence-corrected chi connectivity index (χ3v) is 5.97. The first-order chi connectivity index (χ1) is 10.4. The molecular weight excluding hydrogens is 280 g/mol. The Hall–Kier alpha value is -1.19. The summed E-state index contributed by atoms with van der Waals surface area (Å²) >= 11 is 0. The van der Waals surface area contributed by atoms with Crippen LogP contribution in [0.25, 0.3) is 0 Å². The maximum absolute atomic E-state index is 12.7. The molecule has 1 unspecified atom stereocenters. The summed E-state index contributed by atoms with van der Waals surface area (Å²) in [6.07, 6.45) is 7.68. The van der Waals surface area contributed by atoms with Gasteiger partial charge in [0.05, 0.1) is 6.61 Å². The van der Waals surface area contributed by atoms with Gasteiger partial charge in [0.2, 0.25) is 0 Å². The molecule has 0 radical (unpaired) electrons. The predicted octanol–water partition coefficient (Wildman–Crippen LogP) is 2.93. The van der Waals surface area contributed by atoms with Crippen LogP contribution in [0, 0.1) is 29.1 Å². The van der Waals surface area contributed by atoms with Crippen LogP contribution in [0.3, 0.4) is 0 Å². The van der Waals surface area contributed by atoms with E-state index in [1.54, 1.807) is 6.92 Å². The summed E-state index contributed by atoms with van der Waals surface area (Å²) in [7, 11) is 0. The van der Waals surface area contributed by atoms with E-state index >= 15 is 0 Å². The van der Waals surface area contributed by atoms with Gasteiger partial charge in [-0.25, -0.2) is 0 Å². The molecule has 4 rings (SSSR count). The Kier molecular flexibility index (Phi) is 4.13. The van der Waals surface area contributed by atoms with Crippen molar-refractivity contribution in [3.05, 3.63) is 0 Å². The zero-order valence-electron chi connectivity index (χ0n) is 13.6. The summed E-state index contributed by atoms with van der Waals surface area (Å²) in [6.45, 7) is 3.21. The van der Waals surface area contributed by atoms with Gasteiger partial charge in [-0.15, -0.1) is 0 Å². The third kappa shape index (κ3) is 2.84. The van der Waals surface area contributed by atoms with E-state index < -0.39 is 11.9 Å². The highest BCUT2D eigenvalue weighted by Gasteiger charge is 2.52. The lowest BCUT2D eigenvalue weighted by Gasteiger charge is -2.56. The number of ketones is 2. The molecule has 0 spiro atoms. The Morgan fingerprint density at radius 3 is 1.95 bits per heavy atom. The normalized spacial score (nSPS) is 36.9. The summed E-state index contributed by atoms with van der Waals surface area (Å²) in [5, 5.41) is 0. The summed E-state index contributed by atoms with van der Waals surface area (Å²) in [5.41, 5.74) is 0.0615. The first-order valence-corrected chi connectivity index (χ1v) is 8.62. The first-order valence-electron chi connectivity index (χ1n) is 8.62. The Labute approximate surface area is 132 Å². The van der Waals surface area contributed by atoms with E-state index in [4.69, 9.17) is 4.74 Å². The van der Waals surface area contributed by atoms with Crippen LogP contribution in [0.2, 0.25) is 0 Å². The fourth-order valence-corrected chi connectivity index (χ4v) is 5.73. The highest BCUT2D eigenvalue weighted by molar-refractivity contribution is 6.16. The quantitative estimate of drug-likeness (QED) is 0.559. The molecular formula is C18H26O4. The molecule has 0 amide bonds. The standard InChI is InChI=1S/C18H26O4/c1-3-22-17(21)16(11(2)19)15(20)10-18-7-12-4-13(8-18)6-14(5-12)9-18/h12-14,16H,3-10H2,1-2H3. The smallest absolute Gasteiger partial charge is 0.324 e. The summed E-state index contributed by atoms with van der Waals surface area (Å²) in [4.78, 5) is 36.4. The molecule has 0 heterocycles. The zero-order valence-corrected chi connectivity index (χ0v) is 13.6. The van der Waals surface area contributed by atoms with E-state index in [2.05, 4.69) is 0 Å². The molecule has 122 valence electrons. The van der Waals surface area contributed by atoms with Crippen LogP contribution in [0.5, 0.6) is 0 Å². The van der Waals surface area contributed by atoms with Gasteiger partial charge in [0.1, 0.15) is 0 Å². The largest absolute Gasteiger partial charge is 0.465 e. The van der Waals surface area contributed by atoms with Crippen molar-refractivity contribution >= 4 is 17.5 Å². The van der Waals surface area contributed by atoms with Crippen molar-refractivity contribution in [2.75, 3.05) is 6.61 Å². The van der Waals surface area contributed by atoms with Crippen LogP contribution in [0.4, 0.5) is 0 Å². The van der Waals surface area contributed by atoms with Crippen molar-refractivity contribution < 1.29 is 19.1 Å². The number of carbonyl (C=O) groups is 3. The third-order valence-electron chi connectivity index (χ3n) is 5.97. The highest BCUT2D eigenvalue weighted by Crippen LogP contribution is 2.61. The summed E-state index contributed by atoms with van der Waals surface area (Å²) in [6, 6.07) is 0. The molecule has 4 aliphatic rings. The molecule has 0 aromatic rings. The van der Waals surface area contributed by atoms with Crippen LogP contribution >= 0.6 is 0 Å². The Morgan fingerprint density at radius 2 is 1.55 bits per heavy atom. The van der Waals surface area contributed by atoms with Crippen LogP contribution in [-0.2, 0) is 19.1 Å². The van der Waals surface area contributed by atoms with Gasteiger partial charge >= 0.3 is 5.97 Å². The van der Waals surface area contributed by atoms with E-state index in [1.807, 2.05) is 0 Å². The minimum atomic E-state index is -1.20. The van der Waals surface area contributed by atoms with Gasteiger partial charge in [0.15, 0.2) is 17.5 Å². The van der Waals surface area contributed by atoms with E-state index in [0.717, 1.165) is 37.0 Å². The fraction of sp³-hybridized carbons (Fsp3) is 0.833. The van der Waals surface area contributed by atoms with E-state index in [1.165, 1.54) is 26.2 Å². The minimum absolute atomic E-state index is 0.0615.